The maximum Gasteiger partial charge on any atom is 0.309 e. The van der Waals surface area contributed by atoms with Crippen LogP contribution < -0.4 is 5.32 Å². The lowest BCUT2D eigenvalue weighted by Crippen LogP contribution is -2.21. The lowest BCUT2D eigenvalue weighted by atomic mass is 10.3. The zero-order chi connectivity index (χ0) is 14.7. The van der Waals surface area contributed by atoms with Gasteiger partial charge in [-0.25, -0.2) is 0 Å². The molecule has 20 heavy (non-hydrogen) atoms. The van der Waals surface area contributed by atoms with Gasteiger partial charge in [0, 0.05) is 12.1 Å². The molecule has 106 valence electrons. The van der Waals surface area contributed by atoms with E-state index in [0.717, 1.165) is 18.9 Å². The predicted octanol–water partition coefficient (Wildman–Crippen LogP) is 2.14. The van der Waals surface area contributed by atoms with E-state index in [9.17, 15) is 19.7 Å². The fraction of sp³-hybridized carbons (Fsp3) is 0.333. The van der Waals surface area contributed by atoms with Gasteiger partial charge in [-0.3, -0.25) is 19.7 Å². The van der Waals surface area contributed by atoms with Gasteiger partial charge in [0.2, 0.25) is 0 Å². The van der Waals surface area contributed by atoms with Crippen LogP contribution in [-0.2, 0) is 14.3 Å². The molecule has 0 aromatic heterocycles. The number of non-ortho nitro benzene ring substituents is 1. The summed E-state index contributed by atoms with van der Waals surface area (Å²) in [5.74, 6) is -1.00. The highest BCUT2D eigenvalue weighted by molar-refractivity contribution is 6.34. The first-order valence-corrected chi connectivity index (χ1v) is 6.25. The van der Waals surface area contributed by atoms with E-state index >= 15 is 0 Å². The highest BCUT2D eigenvalue weighted by Gasteiger charge is 2.31. The summed E-state index contributed by atoms with van der Waals surface area (Å²) in [5.41, 5.74) is 0.0536. The van der Waals surface area contributed by atoms with Gasteiger partial charge in [0.25, 0.3) is 11.6 Å². The van der Waals surface area contributed by atoms with Crippen LogP contribution in [0.2, 0.25) is 5.02 Å². The van der Waals surface area contributed by atoms with Crippen LogP contribution in [0.15, 0.2) is 18.2 Å². The van der Waals surface area contributed by atoms with Crippen LogP contribution in [0.5, 0.6) is 0 Å². The standard InChI is InChI=1S/C12H11ClN2O5/c13-9-5-8(15(18)19)3-4-10(9)14-11(16)6-20-12(17)7-1-2-7/h3-5,7H,1-2,6H2,(H,14,16). The second-order valence-corrected chi connectivity index (χ2v) is 4.76. The molecule has 1 aliphatic rings. The van der Waals surface area contributed by atoms with Crippen LogP contribution in [0, 0.1) is 16.0 Å². The molecule has 1 N–H and O–H groups in total. The monoisotopic (exact) mass is 298 g/mol. The number of benzene rings is 1. The minimum absolute atomic E-state index is 0.0427. The number of nitro benzene ring substituents is 1. The molecule has 0 aliphatic heterocycles. The predicted molar refractivity (Wildman–Crippen MR) is 70.4 cm³/mol. The van der Waals surface area contributed by atoms with Gasteiger partial charge < -0.3 is 10.1 Å². The number of nitrogens with zero attached hydrogens (tertiary/aromatic N) is 1. The normalized spacial score (nSPS) is 13.7. The zero-order valence-electron chi connectivity index (χ0n) is 10.3. The fourth-order valence-corrected chi connectivity index (χ4v) is 1.70. The molecule has 1 aromatic carbocycles. The first-order chi connectivity index (χ1) is 9.47. The Labute approximate surface area is 119 Å². The number of anilines is 1. The molecule has 2 rings (SSSR count). The molecule has 1 amide bonds. The van der Waals surface area contributed by atoms with Gasteiger partial charge in [-0.2, -0.15) is 0 Å². The largest absolute Gasteiger partial charge is 0.455 e. The molecule has 0 radical (unpaired) electrons. The van der Waals surface area contributed by atoms with Crippen LogP contribution >= 0.6 is 11.6 Å². The van der Waals surface area contributed by atoms with Gasteiger partial charge in [0.15, 0.2) is 6.61 Å². The van der Waals surface area contributed by atoms with Crippen molar-refractivity contribution in [3.63, 3.8) is 0 Å². The topological polar surface area (TPSA) is 98.5 Å². The number of halogens is 1. The molecule has 0 bridgehead atoms. The summed E-state index contributed by atoms with van der Waals surface area (Å²) in [7, 11) is 0. The van der Waals surface area contributed by atoms with Gasteiger partial charge >= 0.3 is 5.97 Å². The molecule has 1 aliphatic carbocycles. The van der Waals surface area contributed by atoms with Gasteiger partial charge in [0.1, 0.15) is 0 Å². The van der Waals surface area contributed by atoms with Crippen molar-refractivity contribution in [1.29, 1.82) is 0 Å². The fourth-order valence-electron chi connectivity index (χ4n) is 1.48. The van der Waals surface area contributed by atoms with Crippen molar-refractivity contribution in [3.05, 3.63) is 33.3 Å². The molecule has 0 atom stereocenters. The molecule has 7 nitrogen and oxygen atoms in total. The number of nitrogens with one attached hydrogen (secondary N) is 1. The minimum Gasteiger partial charge on any atom is -0.455 e. The number of carbonyl (C=O) groups excluding carboxylic acids is 2. The van der Waals surface area contributed by atoms with Crippen LogP contribution in [0.1, 0.15) is 12.8 Å². The summed E-state index contributed by atoms with van der Waals surface area (Å²) in [5, 5.41) is 13.0. The second-order valence-electron chi connectivity index (χ2n) is 4.35. The van der Waals surface area contributed by atoms with E-state index in [0.29, 0.717) is 0 Å². The molecule has 0 saturated heterocycles. The Balaban J connectivity index is 1.90. The summed E-state index contributed by atoms with van der Waals surface area (Å²) < 4.78 is 4.80. The molecule has 0 unspecified atom stereocenters. The number of hydrogen-bond acceptors (Lipinski definition) is 5. The van der Waals surface area contributed by atoms with Crippen molar-refractivity contribution in [2.45, 2.75) is 12.8 Å². The van der Waals surface area contributed by atoms with Crippen molar-refractivity contribution in [1.82, 2.24) is 0 Å². The average molecular weight is 299 g/mol. The molecule has 0 heterocycles. The van der Waals surface area contributed by atoms with E-state index in [1.165, 1.54) is 12.1 Å². The van der Waals surface area contributed by atoms with E-state index in [2.05, 4.69) is 5.32 Å². The highest BCUT2D eigenvalue weighted by atomic mass is 35.5. The summed E-state index contributed by atoms with van der Waals surface area (Å²) >= 11 is 5.81. The second kappa shape index (κ2) is 5.87. The molecule has 0 spiro atoms. The van der Waals surface area contributed by atoms with E-state index in [4.69, 9.17) is 16.3 Å². The zero-order valence-corrected chi connectivity index (χ0v) is 11.1. The lowest BCUT2D eigenvalue weighted by molar-refractivity contribution is -0.384. The quantitative estimate of drug-likeness (QED) is 0.510. The minimum atomic E-state index is -0.588. The van der Waals surface area contributed by atoms with Crippen molar-refractivity contribution >= 4 is 34.9 Å². The van der Waals surface area contributed by atoms with Crippen molar-refractivity contribution in [2.24, 2.45) is 5.92 Å². The molecular formula is C12H11ClN2O5. The first-order valence-electron chi connectivity index (χ1n) is 5.88. The van der Waals surface area contributed by atoms with E-state index < -0.39 is 17.4 Å². The van der Waals surface area contributed by atoms with Crippen molar-refractivity contribution in [2.75, 3.05) is 11.9 Å². The van der Waals surface area contributed by atoms with Crippen LogP contribution in [0.25, 0.3) is 0 Å². The number of carbonyl (C=O) groups is 2. The van der Waals surface area contributed by atoms with Gasteiger partial charge in [-0.15, -0.1) is 0 Å². The Kier molecular flexibility index (Phi) is 4.19. The smallest absolute Gasteiger partial charge is 0.309 e. The summed E-state index contributed by atoms with van der Waals surface area (Å²) in [4.78, 5) is 32.7. The van der Waals surface area contributed by atoms with Crippen LogP contribution in [0.4, 0.5) is 11.4 Å². The lowest BCUT2D eigenvalue weighted by Gasteiger charge is -2.07. The Bertz CT molecular complexity index is 571. The van der Waals surface area contributed by atoms with Crippen molar-refractivity contribution in [3.8, 4) is 0 Å². The third kappa shape index (κ3) is 3.67. The molecule has 1 aromatic rings. The highest BCUT2D eigenvalue weighted by Crippen LogP contribution is 2.30. The molecule has 1 fully saturated rings. The number of nitro groups is 1. The van der Waals surface area contributed by atoms with E-state index in [-0.39, 0.29) is 28.3 Å². The van der Waals surface area contributed by atoms with Crippen LogP contribution in [0.3, 0.4) is 0 Å². The summed E-state index contributed by atoms with van der Waals surface area (Å²) in [6.45, 7) is -0.400. The Hall–Kier alpha value is -2.15. The molecular weight excluding hydrogens is 288 g/mol. The maximum absolute atomic E-state index is 11.6. The summed E-state index contributed by atoms with van der Waals surface area (Å²) in [6, 6.07) is 3.67. The maximum atomic E-state index is 11.6. The summed E-state index contributed by atoms with van der Waals surface area (Å²) in [6.07, 6.45) is 1.60. The third-order valence-electron chi connectivity index (χ3n) is 2.69. The van der Waals surface area contributed by atoms with Crippen molar-refractivity contribution < 1.29 is 19.2 Å². The number of ether oxygens (including phenoxy) is 1. The Morgan fingerprint density at radius 2 is 2.15 bits per heavy atom. The SMILES string of the molecule is O=C(COC(=O)C1CC1)Nc1ccc([N+](=O)[O-])cc1Cl. The third-order valence-corrected chi connectivity index (χ3v) is 3.01. The van der Waals surface area contributed by atoms with Gasteiger partial charge in [-0.05, 0) is 18.9 Å². The van der Waals surface area contributed by atoms with Gasteiger partial charge in [-0.1, -0.05) is 11.6 Å². The number of hydrogen-bond donors (Lipinski definition) is 1. The number of esters is 1. The Morgan fingerprint density at radius 3 is 2.70 bits per heavy atom. The van der Waals surface area contributed by atoms with Gasteiger partial charge in [0.05, 0.1) is 21.6 Å². The van der Waals surface area contributed by atoms with E-state index in [1.807, 2.05) is 0 Å². The first kappa shape index (κ1) is 14.3. The number of amides is 1. The average Bonchev–Trinajstić information content (AvgIpc) is 3.22. The molecule has 1 saturated carbocycles. The van der Waals surface area contributed by atoms with E-state index in [1.54, 1.807) is 0 Å². The molecule has 8 heteroatoms. The number of rotatable bonds is 5. The van der Waals surface area contributed by atoms with Crippen LogP contribution in [-0.4, -0.2) is 23.4 Å². The Morgan fingerprint density at radius 1 is 1.45 bits per heavy atom.